The first-order valence-electron chi connectivity index (χ1n) is 9.45. The largest absolute Gasteiger partial charge is 0.322 e. The highest BCUT2D eigenvalue weighted by atomic mass is 16.2. The first-order chi connectivity index (χ1) is 13.6. The molecule has 0 unspecified atom stereocenters. The Morgan fingerprint density at radius 1 is 1.29 bits per heavy atom. The van der Waals surface area contributed by atoms with Crippen molar-refractivity contribution in [3.8, 4) is 0 Å². The number of anilines is 2. The number of amides is 2. The van der Waals surface area contributed by atoms with Gasteiger partial charge in [-0.2, -0.15) is 5.10 Å². The maximum atomic E-state index is 13.0. The molecular weight excluding hydrogens is 352 g/mol. The van der Waals surface area contributed by atoms with E-state index in [4.69, 9.17) is 0 Å². The summed E-state index contributed by atoms with van der Waals surface area (Å²) in [5.41, 5.74) is 4.01. The van der Waals surface area contributed by atoms with Gasteiger partial charge in [0, 0.05) is 35.4 Å². The number of rotatable bonds is 4. The zero-order valence-corrected chi connectivity index (χ0v) is 15.8. The molecule has 0 atom stereocenters. The fourth-order valence-electron chi connectivity index (χ4n) is 3.78. The SMILES string of the molecule is C=CC(=O)N1CCCc2c(C(=O)Nc3ccc4cnn(CC)c4c3)cccc21. The third-order valence-corrected chi connectivity index (χ3v) is 5.14. The number of carbonyl (C=O) groups excluding carboxylic acids is 2. The van der Waals surface area contributed by atoms with Crippen LogP contribution in [0.2, 0.25) is 0 Å². The lowest BCUT2D eigenvalue weighted by Crippen LogP contribution is -2.35. The second-order valence-electron chi connectivity index (χ2n) is 6.79. The monoisotopic (exact) mass is 374 g/mol. The molecule has 3 aromatic rings. The van der Waals surface area contributed by atoms with E-state index in [0.29, 0.717) is 12.1 Å². The number of hydrogen-bond acceptors (Lipinski definition) is 3. The Hall–Kier alpha value is -3.41. The minimum absolute atomic E-state index is 0.142. The van der Waals surface area contributed by atoms with Crippen molar-refractivity contribution in [3.05, 3.63) is 66.4 Å². The van der Waals surface area contributed by atoms with Gasteiger partial charge in [0.2, 0.25) is 5.91 Å². The number of carbonyl (C=O) groups is 2. The molecule has 2 aromatic carbocycles. The second-order valence-corrected chi connectivity index (χ2v) is 6.79. The number of aryl methyl sites for hydroxylation is 1. The highest BCUT2D eigenvalue weighted by Crippen LogP contribution is 2.31. The summed E-state index contributed by atoms with van der Waals surface area (Å²) in [7, 11) is 0. The van der Waals surface area contributed by atoms with Crippen LogP contribution in [0.1, 0.15) is 29.3 Å². The minimum Gasteiger partial charge on any atom is -0.322 e. The van der Waals surface area contributed by atoms with Crippen molar-refractivity contribution in [1.82, 2.24) is 9.78 Å². The molecule has 1 aliphatic rings. The van der Waals surface area contributed by atoms with Crippen LogP contribution in [0.3, 0.4) is 0 Å². The van der Waals surface area contributed by atoms with Gasteiger partial charge in [-0.05, 0) is 61.7 Å². The highest BCUT2D eigenvalue weighted by Gasteiger charge is 2.25. The van der Waals surface area contributed by atoms with Crippen molar-refractivity contribution < 1.29 is 9.59 Å². The van der Waals surface area contributed by atoms with E-state index in [1.165, 1.54) is 6.08 Å². The van der Waals surface area contributed by atoms with Crippen LogP contribution in [-0.4, -0.2) is 28.1 Å². The smallest absolute Gasteiger partial charge is 0.256 e. The van der Waals surface area contributed by atoms with Crippen LogP contribution in [0.15, 0.2) is 55.3 Å². The van der Waals surface area contributed by atoms with Crippen molar-refractivity contribution in [2.75, 3.05) is 16.8 Å². The summed E-state index contributed by atoms with van der Waals surface area (Å²) in [6.07, 6.45) is 4.72. The second kappa shape index (κ2) is 7.31. The van der Waals surface area contributed by atoms with Gasteiger partial charge in [0.1, 0.15) is 0 Å². The Bertz CT molecular complexity index is 1080. The normalized spacial score (nSPS) is 13.2. The van der Waals surface area contributed by atoms with Crippen molar-refractivity contribution in [3.63, 3.8) is 0 Å². The van der Waals surface area contributed by atoms with Gasteiger partial charge < -0.3 is 10.2 Å². The van der Waals surface area contributed by atoms with Gasteiger partial charge in [0.05, 0.1) is 11.7 Å². The Morgan fingerprint density at radius 2 is 2.14 bits per heavy atom. The summed E-state index contributed by atoms with van der Waals surface area (Å²) < 4.78 is 1.90. The molecule has 2 heterocycles. The lowest BCUT2D eigenvalue weighted by Gasteiger charge is -2.29. The minimum atomic E-state index is -0.174. The van der Waals surface area contributed by atoms with Crippen LogP contribution in [0.5, 0.6) is 0 Å². The Kier molecular flexibility index (Phi) is 4.69. The van der Waals surface area contributed by atoms with Gasteiger partial charge in [-0.25, -0.2) is 0 Å². The van der Waals surface area contributed by atoms with Crippen molar-refractivity contribution in [2.45, 2.75) is 26.3 Å². The van der Waals surface area contributed by atoms with Crippen LogP contribution in [0.4, 0.5) is 11.4 Å². The van der Waals surface area contributed by atoms with Crippen molar-refractivity contribution in [2.24, 2.45) is 0 Å². The van der Waals surface area contributed by atoms with Gasteiger partial charge in [0.25, 0.3) is 5.91 Å². The molecule has 28 heavy (non-hydrogen) atoms. The van der Waals surface area contributed by atoms with Crippen molar-refractivity contribution >= 4 is 34.1 Å². The number of benzene rings is 2. The van der Waals surface area contributed by atoms with Crippen LogP contribution < -0.4 is 10.2 Å². The van der Waals surface area contributed by atoms with Crippen LogP contribution in [-0.2, 0) is 17.8 Å². The van der Waals surface area contributed by atoms with E-state index in [-0.39, 0.29) is 11.8 Å². The molecule has 0 radical (unpaired) electrons. The molecule has 0 saturated heterocycles. The van der Waals surface area contributed by atoms with Gasteiger partial charge in [-0.15, -0.1) is 0 Å². The Labute approximate surface area is 163 Å². The molecular formula is C22H22N4O2. The summed E-state index contributed by atoms with van der Waals surface area (Å²) in [4.78, 5) is 26.9. The molecule has 1 aromatic heterocycles. The summed E-state index contributed by atoms with van der Waals surface area (Å²) >= 11 is 0. The average molecular weight is 374 g/mol. The molecule has 1 aliphatic heterocycles. The molecule has 6 nitrogen and oxygen atoms in total. The molecule has 0 bridgehead atoms. The van der Waals surface area contributed by atoms with Gasteiger partial charge in [0.15, 0.2) is 0 Å². The predicted octanol–water partition coefficient (Wildman–Crippen LogP) is 3.77. The fourth-order valence-corrected chi connectivity index (χ4v) is 3.78. The lowest BCUT2D eigenvalue weighted by molar-refractivity contribution is -0.114. The third-order valence-electron chi connectivity index (χ3n) is 5.14. The first kappa shape index (κ1) is 18.0. The molecule has 0 saturated carbocycles. The molecule has 6 heteroatoms. The van der Waals surface area contributed by atoms with E-state index in [9.17, 15) is 9.59 Å². The van der Waals surface area contributed by atoms with E-state index in [0.717, 1.165) is 47.2 Å². The number of hydrogen-bond donors (Lipinski definition) is 1. The maximum absolute atomic E-state index is 13.0. The molecule has 1 N–H and O–H groups in total. The summed E-state index contributed by atoms with van der Waals surface area (Å²) in [6, 6.07) is 11.3. The fraction of sp³-hybridized carbons (Fsp3) is 0.227. The van der Waals surface area contributed by atoms with E-state index in [1.54, 1.807) is 4.90 Å². The zero-order chi connectivity index (χ0) is 19.7. The molecule has 0 spiro atoms. The molecule has 0 aliphatic carbocycles. The van der Waals surface area contributed by atoms with E-state index < -0.39 is 0 Å². The topological polar surface area (TPSA) is 67.2 Å². The lowest BCUT2D eigenvalue weighted by atomic mass is 9.95. The predicted molar refractivity (Wildman–Crippen MR) is 111 cm³/mol. The van der Waals surface area contributed by atoms with E-state index in [2.05, 4.69) is 17.0 Å². The van der Waals surface area contributed by atoms with Crippen LogP contribution in [0, 0.1) is 0 Å². The highest BCUT2D eigenvalue weighted by molar-refractivity contribution is 6.09. The zero-order valence-electron chi connectivity index (χ0n) is 15.8. The summed E-state index contributed by atoms with van der Waals surface area (Å²) in [5.74, 6) is -0.316. The number of nitrogens with zero attached hydrogens (tertiary/aromatic N) is 3. The van der Waals surface area contributed by atoms with E-state index >= 15 is 0 Å². The number of aromatic nitrogens is 2. The van der Waals surface area contributed by atoms with Gasteiger partial charge >= 0.3 is 0 Å². The summed E-state index contributed by atoms with van der Waals surface area (Å²) in [6.45, 7) is 7.01. The third kappa shape index (κ3) is 3.07. The standard InChI is InChI=1S/C22H22N4O2/c1-3-21(27)25-12-6-8-17-18(7-5-9-19(17)25)22(28)24-16-11-10-15-14-23-26(4-2)20(15)13-16/h3,5,7,9-11,13-14H,1,4,6,8,12H2,2H3,(H,24,28). The quantitative estimate of drug-likeness (QED) is 0.707. The molecule has 142 valence electrons. The Balaban J connectivity index is 1.66. The van der Waals surface area contributed by atoms with E-state index in [1.807, 2.05) is 54.2 Å². The van der Waals surface area contributed by atoms with Crippen LogP contribution >= 0.6 is 0 Å². The average Bonchev–Trinajstić information content (AvgIpc) is 3.14. The number of fused-ring (bicyclic) bond motifs is 2. The number of nitrogens with one attached hydrogen (secondary N) is 1. The molecule has 0 fully saturated rings. The molecule has 4 rings (SSSR count). The summed E-state index contributed by atoms with van der Waals surface area (Å²) in [5, 5.41) is 8.37. The van der Waals surface area contributed by atoms with Crippen LogP contribution in [0.25, 0.3) is 10.9 Å². The molecule has 2 amide bonds. The van der Waals surface area contributed by atoms with Crippen molar-refractivity contribution in [1.29, 1.82) is 0 Å². The van der Waals surface area contributed by atoms with Gasteiger partial charge in [-0.3, -0.25) is 14.3 Å². The Morgan fingerprint density at radius 3 is 2.93 bits per heavy atom. The van der Waals surface area contributed by atoms with Gasteiger partial charge in [-0.1, -0.05) is 12.6 Å². The first-order valence-corrected chi connectivity index (χ1v) is 9.45. The maximum Gasteiger partial charge on any atom is 0.256 e.